The van der Waals surface area contributed by atoms with Gasteiger partial charge in [0.05, 0.1) is 17.9 Å². The van der Waals surface area contributed by atoms with Crippen LogP contribution < -0.4 is 10.1 Å². The Morgan fingerprint density at radius 2 is 2.06 bits per heavy atom. The summed E-state index contributed by atoms with van der Waals surface area (Å²) in [5, 5.41) is 13.0. The largest absolute Gasteiger partial charge is 0.485 e. The molecule has 186 valence electrons. The maximum atomic E-state index is 12.7. The molecule has 1 amide bonds. The van der Waals surface area contributed by atoms with E-state index in [0.717, 1.165) is 16.0 Å². The van der Waals surface area contributed by atoms with Gasteiger partial charge in [0.1, 0.15) is 17.4 Å². The number of thioether (sulfide) groups is 1. The number of carbonyl (C=O) groups is 2. The van der Waals surface area contributed by atoms with E-state index in [1.807, 2.05) is 37.5 Å². The number of benzene rings is 1. The molecule has 8 nitrogen and oxygen atoms in total. The number of esters is 1. The third-order valence-electron chi connectivity index (χ3n) is 5.05. The quantitative estimate of drug-likeness (QED) is 0.194. The van der Waals surface area contributed by atoms with E-state index in [1.54, 1.807) is 19.1 Å². The molecule has 0 aliphatic carbocycles. The molecule has 0 aliphatic heterocycles. The number of ether oxygens (including phenoxy) is 2. The molecule has 3 rings (SSSR count). The summed E-state index contributed by atoms with van der Waals surface area (Å²) in [6.07, 6.45) is 1.73. The Bertz CT molecular complexity index is 1240. The molecule has 2 aromatic heterocycles. The van der Waals surface area contributed by atoms with E-state index in [2.05, 4.69) is 22.1 Å². The highest BCUT2D eigenvalue weighted by atomic mass is 35.5. The molecule has 2 heterocycles. The van der Waals surface area contributed by atoms with Crippen LogP contribution in [0.2, 0.25) is 5.02 Å². The van der Waals surface area contributed by atoms with E-state index in [-0.39, 0.29) is 24.9 Å². The lowest BCUT2D eigenvalue weighted by Crippen LogP contribution is -2.17. The average molecular weight is 535 g/mol. The Kier molecular flexibility index (Phi) is 9.36. The van der Waals surface area contributed by atoms with Crippen LogP contribution in [0.25, 0.3) is 0 Å². The highest BCUT2D eigenvalue weighted by molar-refractivity contribution is 7.99. The first-order chi connectivity index (χ1) is 16.7. The zero-order valence-corrected chi connectivity index (χ0v) is 22.4. The van der Waals surface area contributed by atoms with Crippen molar-refractivity contribution < 1.29 is 19.1 Å². The van der Waals surface area contributed by atoms with E-state index < -0.39 is 5.97 Å². The van der Waals surface area contributed by atoms with Gasteiger partial charge in [0, 0.05) is 16.4 Å². The van der Waals surface area contributed by atoms with Gasteiger partial charge in [-0.3, -0.25) is 9.36 Å². The van der Waals surface area contributed by atoms with Crippen molar-refractivity contribution in [2.24, 2.45) is 0 Å². The van der Waals surface area contributed by atoms with Crippen LogP contribution in [0.5, 0.6) is 5.75 Å². The number of thiophene rings is 1. The van der Waals surface area contributed by atoms with Gasteiger partial charge in [-0.25, -0.2) is 4.79 Å². The lowest BCUT2D eigenvalue weighted by molar-refractivity contribution is -0.113. The van der Waals surface area contributed by atoms with Crippen LogP contribution in [0.1, 0.15) is 39.1 Å². The number of anilines is 1. The topological polar surface area (TPSA) is 95.3 Å². The third-order valence-corrected chi connectivity index (χ3v) is 7.37. The molecular formula is C24H27ClN4O4S2. The minimum Gasteiger partial charge on any atom is -0.485 e. The van der Waals surface area contributed by atoms with Crippen molar-refractivity contribution in [1.82, 2.24) is 14.8 Å². The van der Waals surface area contributed by atoms with E-state index >= 15 is 0 Å². The van der Waals surface area contributed by atoms with Gasteiger partial charge in [0.25, 0.3) is 0 Å². The normalized spacial score (nSPS) is 10.8. The number of aromatic nitrogens is 3. The molecule has 0 saturated carbocycles. The van der Waals surface area contributed by atoms with Crippen LogP contribution in [-0.4, -0.2) is 39.0 Å². The summed E-state index contributed by atoms with van der Waals surface area (Å²) in [5.41, 5.74) is 2.13. The fraction of sp³-hybridized carbons (Fsp3) is 0.333. The summed E-state index contributed by atoms with van der Waals surface area (Å²) < 4.78 is 12.9. The number of halogens is 1. The summed E-state index contributed by atoms with van der Waals surface area (Å²) in [6, 6.07) is 5.40. The number of aryl methyl sites for hydroxylation is 2. The van der Waals surface area contributed by atoms with Crippen molar-refractivity contribution in [3.8, 4) is 5.75 Å². The SMILES string of the molecule is C=CCn1c(COc2ccc(Cl)cc2C)nnc1SCC(=O)Nc1sc(C)c(C)c1C(=O)OCC. The zero-order chi connectivity index (χ0) is 25.5. The van der Waals surface area contributed by atoms with Crippen LogP contribution in [0.3, 0.4) is 0 Å². The fourth-order valence-corrected chi connectivity index (χ4v) is 5.28. The fourth-order valence-electron chi connectivity index (χ4n) is 3.22. The predicted molar refractivity (Wildman–Crippen MR) is 140 cm³/mol. The molecule has 3 aromatic rings. The Morgan fingerprint density at radius 3 is 2.74 bits per heavy atom. The van der Waals surface area contributed by atoms with Gasteiger partial charge in [0.15, 0.2) is 11.0 Å². The van der Waals surface area contributed by atoms with Crippen LogP contribution in [0.15, 0.2) is 36.0 Å². The molecule has 0 fully saturated rings. The molecule has 0 radical (unpaired) electrons. The first-order valence-electron chi connectivity index (χ1n) is 10.9. The highest BCUT2D eigenvalue weighted by Crippen LogP contribution is 2.33. The van der Waals surface area contributed by atoms with E-state index in [9.17, 15) is 9.59 Å². The summed E-state index contributed by atoms with van der Waals surface area (Å²) in [6.45, 7) is 12.1. The minimum atomic E-state index is -0.441. The molecular weight excluding hydrogens is 508 g/mol. The van der Waals surface area contributed by atoms with E-state index in [0.29, 0.717) is 38.9 Å². The van der Waals surface area contributed by atoms with Gasteiger partial charge in [-0.15, -0.1) is 28.1 Å². The average Bonchev–Trinajstić information content (AvgIpc) is 3.31. The maximum absolute atomic E-state index is 12.7. The molecule has 0 bridgehead atoms. The monoisotopic (exact) mass is 534 g/mol. The van der Waals surface area contributed by atoms with Crippen molar-refractivity contribution >= 4 is 51.6 Å². The number of amides is 1. The standard InChI is InChI=1S/C24H27ClN4O4S2/c1-6-10-29-19(12-33-18-9-8-17(25)11-14(18)3)27-28-24(29)34-13-20(30)26-22-21(23(31)32-7-2)15(4)16(5)35-22/h6,8-9,11H,1,7,10,12-13H2,2-5H3,(H,26,30). The van der Waals surface area contributed by atoms with Gasteiger partial charge < -0.3 is 14.8 Å². The van der Waals surface area contributed by atoms with E-state index in [4.69, 9.17) is 21.1 Å². The molecule has 0 spiro atoms. The molecule has 1 aromatic carbocycles. The number of carbonyl (C=O) groups excluding carboxylic acids is 2. The summed E-state index contributed by atoms with van der Waals surface area (Å²) in [4.78, 5) is 26.0. The number of rotatable bonds is 11. The van der Waals surface area contributed by atoms with Crippen molar-refractivity contribution in [3.05, 3.63) is 63.3 Å². The number of nitrogens with zero attached hydrogens (tertiary/aromatic N) is 3. The molecule has 0 atom stereocenters. The van der Waals surface area contributed by atoms with Crippen LogP contribution in [0.4, 0.5) is 5.00 Å². The van der Waals surface area contributed by atoms with Crippen molar-refractivity contribution in [2.45, 2.75) is 46.0 Å². The lowest BCUT2D eigenvalue weighted by atomic mass is 10.1. The summed E-state index contributed by atoms with van der Waals surface area (Å²) in [7, 11) is 0. The number of nitrogens with one attached hydrogen (secondary N) is 1. The van der Waals surface area contributed by atoms with Gasteiger partial charge >= 0.3 is 5.97 Å². The van der Waals surface area contributed by atoms with Crippen molar-refractivity contribution in [2.75, 3.05) is 17.7 Å². The molecule has 0 saturated heterocycles. The smallest absolute Gasteiger partial charge is 0.341 e. The maximum Gasteiger partial charge on any atom is 0.341 e. The summed E-state index contributed by atoms with van der Waals surface area (Å²) in [5.74, 6) is 0.699. The lowest BCUT2D eigenvalue weighted by Gasteiger charge is -2.11. The first kappa shape index (κ1) is 26.8. The third kappa shape index (κ3) is 6.65. The highest BCUT2D eigenvalue weighted by Gasteiger charge is 2.22. The first-order valence-corrected chi connectivity index (χ1v) is 13.0. The van der Waals surface area contributed by atoms with Crippen LogP contribution in [-0.2, 0) is 22.7 Å². The zero-order valence-electron chi connectivity index (χ0n) is 20.0. The molecule has 0 unspecified atom stereocenters. The second-order valence-electron chi connectivity index (χ2n) is 7.54. The Hall–Kier alpha value is -2.82. The minimum absolute atomic E-state index is 0.0880. The van der Waals surface area contributed by atoms with Crippen LogP contribution in [0, 0.1) is 20.8 Å². The second kappa shape index (κ2) is 12.2. The molecule has 1 N–H and O–H groups in total. The predicted octanol–water partition coefficient (Wildman–Crippen LogP) is 5.59. The summed E-state index contributed by atoms with van der Waals surface area (Å²) >= 11 is 8.61. The second-order valence-corrected chi connectivity index (χ2v) is 10.1. The van der Waals surface area contributed by atoms with Crippen molar-refractivity contribution in [3.63, 3.8) is 0 Å². The van der Waals surface area contributed by atoms with Crippen molar-refractivity contribution in [1.29, 1.82) is 0 Å². The Labute approximate surface area is 217 Å². The van der Waals surface area contributed by atoms with Crippen LogP contribution >= 0.6 is 34.7 Å². The molecule has 35 heavy (non-hydrogen) atoms. The van der Waals surface area contributed by atoms with Gasteiger partial charge in [-0.2, -0.15) is 0 Å². The molecule has 11 heteroatoms. The number of hydrogen-bond donors (Lipinski definition) is 1. The van der Waals surface area contributed by atoms with Gasteiger partial charge in [0.2, 0.25) is 5.91 Å². The van der Waals surface area contributed by atoms with E-state index in [1.165, 1.54) is 23.1 Å². The number of hydrogen-bond acceptors (Lipinski definition) is 8. The van der Waals surface area contributed by atoms with Gasteiger partial charge in [-0.05, 0) is 57.0 Å². The number of allylic oxidation sites excluding steroid dienone is 1. The van der Waals surface area contributed by atoms with Gasteiger partial charge in [-0.1, -0.05) is 29.4 Å². The Balaban J connectivity index is 1.67. The molecule has 0 aliphatic rings. The Morgan fingerprint density at radius 1 is 1.29 bits per heavy atom.